The molecule has 0 unspecified atom stereocenters. The Morgan fingerprint density at radius 1 is 1.18 bits per heavy atom. The van der Waals surface area contributed by atoms with Crippen molar-refractivity contribution in [3.05, 3.63) is 42.2 Å². The minimum Gasteiger partial charge on any atom is -0.493 e. The third kappa shape index (κ3) is 3.45. The lowest BCUT2D eigenvalue weighted by Gasteiger charge is -2.34. The number of benzene rings is 1. The molecule has 28 heavy (non-hydrogen) atoms. The number of rotatable bonds is 5. The number of nitrogens with zero attached hydrogens (tertiary/aromatic N) is 4. The maximum absolute atomic E-state index is 12.9. The van der Waals surface area contributed by atoms with E-state index in [2.05, 4.69) is 20.4 Å². The number of hydrogen-bond acceptors (Lipinski definition) is 7. The van der Waals surface area contributed by atoms with Gasteiger partial charge in [0.15, 0.2) is 22.9 Å². The molecule has 1 N–H and O–H groups in total. The Hall–Kier alpha value is -3.29. The van der Waals surface area contributed by atoms with E-state index in [0.29, 0.717) is 43.3 Å². The van der Waals surface area contributed by atoms with Crippen LogP contribution < -0.4 is 15.0 Å². The predicted molar refractivity (Wildman–Crippen MR) is 107 cm³/mol. The van der Waals surface area contributed by atoms with Crippen molar-refractivity contribution in [3.8, 4) is 5.75 Å². The van der Waals surface area contributed by atoms with Crippen LogP contribution in [0, 0.1) is 0 Å². The summed E-state index contributed by atoms with van der Waals surface area (Å²) in [4.78, 5) is 16.8. The topological polar surface area (TPSA) is 83.7 Å². The second-order valence-corrected chi connectivity index (χ2v) is 6.58. The van der Waals surface area contributed by atoms with E-state index >= 15 is 0 Å². The van der Waals surface area contributed by atoms with Gasteiger partial charge >= 0.3 is 0 Å². The molecule has 0 spiro atoms. The van der Waals surface area contributed by atoms with Gasteiger partial charge in [-0.1, -0.05) is 12.1 Å². The van der Waals surface area contributed by atoms with E-state index in [1.54, 1.807) is 18.1 Å². The zero-order valence-corrected chi connectivity index (χ0v) is 16.0. The van der Waals surface area contributed by atoms with Crippen LogP contribution in [-0.2, 0) is 0 Å². The van der Waals surface area contributed by atoms with Crippen molar-refractivity contribution in [1.82, 2.24) is 15.1 Å². The maximum atomic E-state index is 12.9. The van der Waals surface area contributed by atoms with Crippen LogP contribution in [0.1, 0.15) is 17.5 Å². The SMILES string of the molecule is CCNc1ccc(N2CCN(C(=O)c3cc4cccc(OC)c4o3)CC2)nn1. The summed E-state index contributed by atoms with van der Waals surface area (Å²) in [5.74, 6) is 2.44. The Labute approximate surface area is 163 Å². The number of piperazine rings is 1. The lowest BCUT2D eigenvalue weighted by Crippen LogP contribution is -2.49. The van der Waals surface area contributed by atoms with Crippen LogP contribution in [0.15, 0.2) is 40.8 Å². The van der Waals surface area contributed by atoms with Gasteiger partial charge in [0.25, 0.3) is 5.91 Å². The summed E-state index contributed by atoms with van der Waals surface area (Å²) >= 11 is 0. The van der Waals surface area contributed by atoms with Gasteiger partial charge in [-0.15, -0.1) is 10.2 Å². The van der Waals surface area contributed by atoms with Gasteiger partial charge in [0.05, 0.1) is 7.11 Å². The van der Waals surface area contributed by atoms with E-state index in [0.717, 1.165) is 23.6 Å². The normalized spacial score (nSPS) is 14.4. The largest absolute Gasteiger partial charge is 0.493 e. The molecule has 1 saturated heterocycles. The summed E-state index contributed by atoms with van der Waals surface area (Å²) in [5, 5.41) is 12.4. The summed E-state index contributed by atoms with van der Waals surface area (Å²) in [5.41, 5.74) is 0.600. The first-order chi connectivity index (χ1) is 13.7. The van der Waals surface area contributed by atoms with Crippen LogP contribution in [0.2, 0.25) is 0 Å². The number of nitrogens with one attached hydrogen (secondary N) is 1. The van der Waals surface area contributed by atoms with Gasteiger partial charge in [-0.2, -0.15) is 0 Å². The molecule has 2 aromatic heterocycles. The van der Waals surface area contributed by atoms with Crippen molar-refractivity contribution in [3.63, 3.8) is 0 Å². The van der Waals surface area contributed by atoms with Gasteiger partial charge in [-0.3, -0.25) is 4.79 Å². The average molecular weight is 381 g/mol. The standard InChI is InChI=1S/C20H23N5O3/c1-3-21-17-7-8-18(23-22-17)24-9-11-25(12-10-24)20(26)16-13-14-5-4-6-15(27-2)19(14)28-16/h4-8,13H,3,9-12H2,1-2H3,(H,21,22). The molecule has 0 bridgehead atoms. The van der Waals surface area contributed by atoms with Crippen LogP contribution in [0.4, 0.5) is 11.6 Å². The molecule has 0 aliphatic carbocycles. The number of furan rings is 1. The fourth-order valence-corrected chi connectivity index (χ4v) is 3.37. The van der Waals surface area contributed by atoms with Gasteiger partial charge in [-0.25, -0.2) is 0 Å². The quantitative estimate of drug-likeness (QED) is 0.727. The summed E-state index contributed by atoms with van der Waals surface area (Å²) in [7, 11) is 1.59. The highest BCUT2D eigenvalue weighted by Crippen LogP contribution is 2.29. The molecule has 1 amide bonds. The first kappa shape index (κ1) is 18.1. The van der Waals surface area contributed by atoms with Crippen molar-refractivity contribution in [1.29, 1.82) is 0 Å². The molecule has 8 nitrogen and oxygen atoms in total. The summed E-state index contributed by atoms with van der Waals surface area (Å²) in [6.45, 7) is 5.43. The second-order valence-electron chi connectivity index (χ2n) is 6.58. The Kier molecular flexibility index (Phi) is 5.01. The number of hydrogen-bond donors (Lipinski definition) is 1. The van der Waals surface area contributed by atoms with E-state index in [-0.39, 0.29) is 5.91 Å². The number of ether oxygens (including phenoxy) is 1. The molecule has 1 aliphatic heterocycles. The van der Waals surface area contributed by atoms with E-state index in [1.807, 2.05) is 37.3 Å². The zero-order chi connectivity index (χ0) is 19.5. The van der Waals surface area contributed by atoms with Crippen molar-refractivity contribution in [2.45, 2.75) is 6.92 Å². The molecule has 4 rings (SSSR count). The van der Waals surface area contributed by atoms with Crippen LogP contribution in [-0.4, -0.2) is 60.8 Å². The number of anilines is 2. The van der Waals surface area contributed by atoms with E-state index in [1.165, 1.54) is 0 Å². The molecule has 146 valence electrons. The number of fused-ring (bicyclic) bond motifs is 1. The Bertz CT molecular complexity index is 962. The van der Waals surface area contributed by atoms with Crippen molar-refractivity contribution in [2.24, 2.45) is 0 Å². The fraction of sp³-hybridized carbons (Fsp3) is 0.350. The summed E-state index contributed by atoms with van der Waals surface area (Å²) in [6.07, 6.45) is 0. The lowest BCUT2D eigenvalue weighted by molar-refractivity contribution is 0.0716. The molecule has 1 aliphatic rings. The van der Waals surface area contributed by atoms with Gasteiger partial charge in [0.1, 0.15) is 5.82 Å². The molecule has 1 aromatic carbocycles. The van der Waals surface area contributed by atoms with E-state index < -0.39 is 0 Å². The van der Waals surface area contributed by atoms with Gasteiger partial charge < -0.3 is 24.3 Å². The smallest absolute Gasteiger partial charge is 0.289 e. The molecular formula is C20H23N5O3. The average Bonchev–Trinajstić information content (AvgIpc) is 3.18. The molecule has 0 saturated carbocycles. The number of carbonyl (C=O) groups is 1. The number of aromatic nitrogens is 2. The number of para-hydroxylation sites is 1. The minimum atomic E-state index is -0.105. The first-order valence-electron chi connectivity index (χ1n) is 9.38. The predicted octanol–water partition coefficient (Wildman–Crippen LogP) is 2.63. The van der Waals surface area contributed by atoms with Crippen LogP contribution >= 0.6 is 0 Å². The molecule has 0 atom stereocenters. The zero-order valence-electron chi connectivity index (χ0n) is 16.0. The van der Waals surface area contributed by atoms with Gasteiger partial charge in [0, 0.05) is 38.1 Å². The Morgan fingerprint density at radius 3 is 2.68 bits per heavy atom. The highest BCUT2D eigenvalue weighted by atomic mass is 16.5. The minimum absolute atomic E-state index is 0.105. The molecule has 0 radical (unpaired) electrons. The third-order valence-electron chi connectivity index (χ3n) is 4.84. The Morgan fingerprint density at radius 2 is 2.00 bits per heavy atom. The summed E-state index contributed by atoms with van der Waals surface area (Å²) < 4.78 is 11.1. The molecule has 8 heteroatoms. The molecule has 3 aromatic rings. The summed E-state index contributed by atoms with van der Waals surface area (Å²) in [6, 6.07) is 11.3. The highest BCUT2D eigenvalue weighted by molar-refractivity contribution is 5.97. The highest BCUT2D eigenvalue weighted by Gasteiger charge is 2.25. The first-order valence-corrected chi connectivity index (χ1v) is 9.38. The monoisotopic (exact) mass is 381 g/mol. The van der Waals surface area contributed by atoms with Gasteiger partial charge in [-0.05, 0) is 31.2 Å². The molecule has 3 heterocycles. The number of carbonyl (C=O) groups excluding carboxylic acids is 1. The van der Waals surface area contributed by atoms with E-state index in [4.69, 9.17) is 9.15 Å². The van der Waals surface area contributed by atoms with Crippen molar-refractivity contribution >= 4 is 28.5 Å². The fourth-order valence-electron chi connectivity index (χ4n) is 3.37. The van der Waals surface area contributed by atoms with Crippen LogP contribution in [0.25, 0.3) is 11.0 Å². The van der Waals surface area contributed by atoms with Crippen molar-refractivity contribution < 1.29 is 13.9 Å². The lowest BCUT2D eigenvalue weighted by atomic mass is 10.2. The van der Waals surface area contributed by atoms with E-state index in [9.17, 15) is 4.79 Å². The van der Waals surface area contributed by atoms with Gasteiger partial charge in [0.2, 0.25) is 0 Å². The van der Waals surface area contributed by atoms with Crippen LogP contribution in [0.5, 0.6) is 5.75 Å². The molecular weight excluding hydrogens is 358 g/mol. The Balaban J connectivity index is 1.42. The number of amides is 1. The second kappa shape index (κ2) is 7.75. The van der Waals surface area contributed by atoms with Crippen LogP contribution in [0.3, 0.4) is 0 Å². The maximum Gasteiger partial charge on any atom is 0.289 e. The molecule has 1 fully saturated rings. The van der Waals surface area contributed by atoms with Crippen molar-refractivity contribution in [2.75, 3.05) is 50.1 Å². The third-order valence-corrected chi connectivity index (χ3v) is 4.84. The number of methoxy groups -OCH3 is 1.